The average molecular weight is 358 g/mol. The summed E-state index contributed by atoms with van der Waals surface area (Å²) in [5.74, 6) is 0.0720. The number of aromatic hydroxyl groups is 1. The maximum absolute atomic E-state index is 10.7. The summed E-state index contributed by atoms with van der Waals surface area (Å²) in [4.78, 5) is 11.7. The molecule has 0 saturated heterocycles. The predicted octanol–water partition coefficient (Wildman–Crippen LogP) is 4.20. The third-order valence-corrected chi connectivity index (χ3v) is 4.07. The predicted molar refractivity (Wildman–Crippen MR) is 103 cm³/mol. The van der Waals surface area contributed by atoms with Crippen molar-refractivity contribution in [3.8, 4) is 11.4 Å². The first-order valence-electron chi connectivity index (χ1n) is 8.18. The number of non-ortho nitro benzene ring substituents is 1. The summed E-state index contributed by atoms with van der Waals surface area (Å²) in [6.07, 6.45) is 3.69. The maximum atomic E-state index is 10.7. The fraction of sp³-hybridized carbons (Fsp3) is 0. The fourth-order valence-corrected chi connectivity index (χ4v) is 2.67. The second-order valence-corrected chi connectivity index (χ2v) is 5.91. The van der Waals surface area contributed by atoms with Crippen molar-refractivity contribution < 1.29 is 10.0 Å². The lowest BCUT2D eigenvalue weighted by Crippen LogP contribution is -1.99. The van der Waals surface area contributed by atoms with E-state index in [0.29, 0.717) is 5.69 Å². The number of nitro groups is 1. The molecule has 0 atom stereocenters. The zero-order chi connectivity index (χ0) is 18.8. The van der Waals surface area contributed by atoms with Gasteiger partial charge in [-0.1, -0.05) is 30.4 Å². The standard InChI is InChI=1S/C20H14N4O3/c25-20-12-9-15(6-5-14-7-10-16(11-8-14)24(26)27)13-19(20)23-21-17-3-1-2-4-18(17)22-23/h1-13,25H/b6-5+. The van der Waals surface area contributed by atoms with Gasteiger partial charge >= 0.3 is 0 Å². The summed E-state index contributed by atoms with van der Waals surface area (Å²) in [5, 5.41) is 29.7. The molecule has 0 spiro atoms. The molecule has 4 rings (SSSR count). The molecule has 0 unspecified atom stereocenters. The van der Waals surface area contributed by atoms with Crippen LogP contribution in [0.5, 0.6) is 5.75 Å². The summed E-state index contributed by atoms with van der Waals surface area (Å²) in [6, 6.07) is 18.9. The van der Waals surface area contributed by atoms with Crippen molar-refractivity contribution in [1.82, 2.24) is 15.0 Å². The van der Waals surface area contributed by atoms with Gasteiger partial charge in [0.05, 0.1) is 4.92 Å². The van der Waals surface area contributed by atoms with E-state index >= 15 is 0 Å². The molecule has 1 aromatic heterocycles. The number of aromatic nitrogens is 3. The summed E-state index contributed by atoms with van der Waals surface area (Å²) in [5.41, 5.74) is 3.67. The fourth-order valence-electron chi connectivity index (χ4n) is 2.67. The number of nitrogens with zero attached hydrogens (tertiary/aromatic N) is 4. The van der Waals surface area contributed by atoms with Gasteiger partial charge in [0.25, 0.3) is 5.69 Å². The van der Waals surface area contributed by atoms with Gasteiger partial charge in [0.1, 0.15) is 22.5 Å². The van der Waals surface area contributed by atoms with E-state index in [1.807, 2.05) is 36.4 Å². The second kappa shape index (κ2) is 6.72. The van der Waals surface area contributed by atoms with Crippen LogP contribution in [0, 0.1) is 10.1 Å². The molecule has 1 heterocycles. The van der Waals surface area contributed by atoms with Crippen LogP contribution >= 0.6 is 0 Å². The highest BCUT2D eigenvalue weighted by Gasteiger charge is 2.09. The van der Waals surface area contributed by atoms with Gasteiger partial charge in [-0.05, 0) is 47.5 Å². The molecular formula is C20H14N4O3. The van der Waals surface area contributed by atoms with Crippen LogP contribution in [-0.2, 0) is 0 Å². The Hall–Kier alpha value is -4.00. The Labute approximate surface area is 154 Å². The molecule has 0 aliphatic rings. The minimum Gasteiger partial charge on any atom is -0.506 e. The first kappa shape index (κ1) is 16.5. The molecule has 1 N–H and O–H groups in total. The van der Waals surface area contributed by atoms with E-state index in [-0.39, 0.29) is 11.4 Å². The highest BCUT2D eigenvalue weighted by molar-refractivity contribution is 5.74. The van der Waals surface area contributed by atoms with Gasteiger partial charge in [-0.3, -0.25) is 10.1 Å². The number of hydrogen-bond donors (Lipinski definition) is 1. The van der Waals surface area contributed by atoms with Crippen molar-refractivity contribution in [3.05, 3.63) is 88.0 Å². The Morgan fingerprint density at radius 3 is 2.11 bits per heavy atom. The molecule has 0 saturated carbocycles. The molecular weight excluding hydrogens is 344 g/mol. The Kier molecular flexibility index (Phi) is 4.10. The van der Waals surface area contributed by atoms with E-state index in [2.05, 4.69) is 10.2 Å². The molecule has 3 aromatic carbocycles. The molecule has 0 aliphatic carbocycles. The number of phenols is 1. The Morgan fingerprint density at radius 2 is 1.48 bits per heavy atom. The molecule has 0 radical (unpaired) electrons. The first-order valence-corrected chi connectivity index (χ1v) is 8.18. The van der Waals surface area contributed by atoms with Crippen molar-refractivity contribution in [1.29, 1.82) is 0 Å². The summed E-state index contributed by atoms with van der Waals surface area (Å²) >= 11 is 0. The SMILES string of the molecule is O=[N+]([O-])c1ccc(/C=C/c2ccc(O)c(-n3nc4ccccc4n3)c2)cc1. The van der Waals surface area contributed by atoms with Crippen LogP contribution in [0.3, 0.4) is 0 Å². The van der Waals surface area contributed by atoms with Gasteiger partial charge < -0.3 is 5.11 Å². The zero-order valence-corrected chi connectivity index (χ0v) is 14.1. The van der Waals surface area contributed by atoms with Crippen molar-refractivity contribution in [2.24, 2.45) is 0 Å². The number of nitro benzene ring substituents is 1. The summed E-state index contributed by atoms with van der Waals surface area (Å²) in [6.45, 7) is 0. The monoisotopic (exact) mass is 358 g/mol. The van der Waals surface area contributed by atoms with E-state index in [0.717, 1.165) is 22.2 Å². The van der Waals surface area contributed by atoms with Gasteiger partial charge in [0.2, 0.25) is 0 Å². The van der Waals surface area contributed by atoms with E-state index in [1.165, 1.54) is 16.9 Å². The minimum absolute atomic E-state index is 0.0518. The van der Waals surface area contributed by atoms with Crippen molar-refractivity contribution in [2.75, 3.05) is 0 Å². The largest absolute Gasteiger partial charge is 0.506 e. The minimum atomic E-state index is -0.430. The third kappa shape index (κ3) is 3.38. The number of benzene rings is 3. The number of phenolic OH excluding ortho intramolecular Hbond substituents is 1. The van der Waals surface area contributed by atoms with Crippen LogP contribution in [-0.4, -0.2) is 25.0 Å². The van der Waals surface area contributed by atoms with Gasteiger partial charge in [0, 0.05) is 12.1 Å². The number of rotatable bonds is 4. The van der Waals surface area contributed by atoms with Gasteiger partial charge in [-0.2, -0.15) is 0 Å². The maximum Gasteiger partial charge on any atom is 0.269 e. The van der Waals surface area contributed by atoms with Gasteiger partial charge in [-0.25, -0.2) is 0 Å². The Morgan fingerprint density at radius 1 is 0.889 bits per heavy atom. The first-order chi connectivity index (χ1) is 13.1. The smallest absolute Gasteiger partial charge is 0.269 e. The van der Waals surface area contributed by atoms with Crippen LogP contribution in [0.2, 0.25) is 0 Å². The molecule has 7 heteroatoms. The van der Waals surface area contributed by atoms with Crippen LogP contribution < -0.4 is 0 Å². The van der Waals surface area contributed by atoms with Gasteiger partial charge in [-0.15, -0.1) is 15.0 Å². The second-order valence-electron chi connectivity index (χ2n) is 5.91. The number of hydrogen-bond acceptors (Lipinski definition) is 5. The van der Waals surface area contributed by atoms with Crippen molar-refractivity contribution >= 4 is 28.9 Å². The van der Waals surface area contributed by atoms with Crippen molar-refractivity contribution in [2.45, 2.75) is 0 Å². The molecule has 0 amide bonds. The topological polar surface area (TPSA) is 94.1 Å². The molecule has 0 fully saturated rings. The summed E-state index contributed by atoms with van der Waals surface area (Å²) in [7, 11) is 0. The molecule has 27 heavy (non-hydrogen) atoms. The highest BCUT2D eigenvalue weighted by Crippen LogP contribution is 2.24. The van der Waals surface area contributed by atoms with E-state index in [9.17, 15) is 15.2 Å². The average Bonchev–Trinajstić information content (AvgIpc) is 3.11. The third-order valence-electron chi connectivity index (χ3n) is 4.07. The van der Waals surface area contributed by atoms with Crippen molar-refractivity contribution in [3.63, 3.8) is 0 Å². The lowest BCUT2D eigenvalue weighted by molar-refractivity contribution is -0.384. The lowest BCUT2D eigenvalue weighted by atomic mass is 10.1. The lowest BCUT2D eigenvalue weighted by Gasteiger charge is -2.04. The van der Waals surface area contributed by atoms with Gasteiger partial charge in [0.15, 0.2) is 0 Å². The van der Waals surface area contributed by atoms with E-state index in [4.69, 9.17) is 0 Å². The van der Waals surface area contributed by atoms with E-state index in [1.54, 1.807) is 30.3 Å². The van der Waals surface area contributed by atoms with E-state index < -0.39 is 4.92 Å². The summed E-state index contributed by atoms with van der Waals surface area (Å²) < 4.78 is 0. The normalized spacial score (nSPS) is 11.3. The Balaban J connectivity index is 1.64. The van der Waals surface area contributed by atoms with Crippen LogP contribution in [0.1, 0.15) is 11.1 Å². The molecule has 4 aromatic rings. The van der Waals surface area contributed by atoms with Crippen LogP contribution in [0.25, 0.3) is 28.9 Å². The molecule has 0 bridgehead atoms. The Bertz CT molecular complexity index is 1130. The number of fused-ring (bicyclic) bond motifs is 1. The quantitative estimate of drug-likeness (QED) is 0.335. The molecule has 0 aliphatic heterocycles. The van der Waals surface area contributed by atoms with Crippen LogP contribution in [0.4, 0.5) is 5.69 Å². The zero-order valence-electron chi connectivity index (χ0n) is 14.1. The highest BCUT2D eigenvalue weighted by atomic mass is 16.6. The molecule has 132 valence electrons. The molecule has 7 nitrogen and oxygen atoms in total. The van der Waals surface area contributed by atoms with Crippen LogP contribution in [0.15, 0.2) is 66.7 Å².